The van der Waals surface area contributed by atoms with Gasteiger partial charge in [0.25, 0.3) is 0 Å². The molecule has 3 N–H and O–H groups in total. The van der Waals surface area contributed by atoms with Gasteiger partial charge in [0.1, 0.15) is 11.4 Å². The number of benzene rings is 1. The topological polar surface area (TPSA) is 84.7 Å². The van der Waals surface area contributed by atoms with Gasteiger partial charge in [-0.25, -0.2) is 9.18 Å². The van der Waals surface area contributed by atoms with Gasteiger partial charge in [-0.15, -0.1) is 0 Å². The monoisotopic (exact) mass is 323 g/mol. The van der Waals surface area contributed by atoms with Crippen molar-refractivity contribution in [1.29, 1.82) is 0 Å². The summed E-state index contributed by atoms with van der Waals surface area (Å²) in [5.41, 5.74) is 5.27. The number of nitrogen functional groups attached to an aromatic ring is 1. The Hall–Kier alpha value is -2.31. The van der Waals surface area contributed by atoms with Crippen LogP contribution in [0.4, 0.5) is 20.6 Å². The van der Waals surface area contributed by atoms with Crippen LogP contribution in [0.5, 0.6) is 0 Å². The van der Waals surface area contributed by atoms with Gasteiger partial charge in [-0.1, -0.05) is 0 Å². The minimum absolute atomic E-state index is 0.0833. The van der Waals surface area contributed by atoms with Gasteiger partial charge in [-0.2, -0.15) is 0 Å². The summed E-state index contributed by atoms with van der Waals surface area (Å²) in [6.45, 7) is 6.06. The molecule has 1 fully saturated rings. The van der Waals surface area contributed by atoms with Crippen molar-refractivity contribution in [2.24, 2.45) is 5.92 Å². The highest BCUT2D eigenvalue weighted by atomic mass is 19.1. The lowest BCUT2D eigenvalue weighted by Crippen LogP contribution is -2.36. The first kappa shape index (κ1) is 17.1. The van der Waals surface area contributed by atoms with E-state index in [9.17, 15) is 14.0 Å². The number of amides is 2. The highest BCUT2D eigenvalue weighted by molar-refractivity contribution is 5.93. The van der Waals surface area contributed by atoms with Crippen molar-refractivity contribution < 1.29 is 18.7 Å². The standard InChI is InChI=1S/C16H22FN3O3/c1-16(2,3)23-15(22)20-7-6-10(9-20)14(21)19-13-5-4-11(18)8-12(13)17/h4-5,8,10H,6-7,9,18H2,1-3H3,(H,19,21)/t10-/m0/s1. The van der Waals surface area contributed by atoms with Crippen molar-refractivity contribution in [1.82, 2.24) is 4.90 Å². The van der Waals surface area contributed by atoms with Gasteiger partial charge >= 0.3 is 6.09 Å². The van der Waals surface area contributed by atoms with E-state index in [1.165, 1.54) is 17.0 Å². The number of nitrogens with one attached hydrogen (secondary N) is 1. The number of hydrogen-bond acceptors (Lipinski definition) is 4. The molecule has 1 atom stereocenters. The molecule has 6 nitrogen and oxygen atoms in total. The maximum Gasteiger partial charge on any atom is 0.410 e. The number of nitrogens with zero attached hydrogens (tertiary/aromatic N) is 1. The van der Waals surface area contributed by atoms with E-state index in [0.717, 1.165) is 6.07 Å². The molecule has 23 heavy (non-hydrogen) atoms. The van der Waals surface area contributed by atoms with Crippen LogP contribution in [-0.4, -0.2) is 35.6 Å². The molecule has 2 amide bonds. The molecule has 2 rings (SSSR count). The number of carbonyl (C=O) groups is 2. The number of likely N-dealkylation sites (tertiary alicyclic amines) is 1. The summed E-state index contributed by atoms with van der Waals surface area (Å²) in [5, 5.41) is 2.54. The molecule has 0 bridgehead atoms. The van der Waals surface area contributed by atoms with Gasteiger partial charge < -0.3 is 20.7 Å². The van der Waals surface area contributed by atoms with E-state index in [0.29, 0.717) is 13.0 Å². The van der Waals surface area contributed by atoms with Crippen molar-refractivity contribution in [3.63, 3.8) is 0 Å². The Morgan fingerprint density at radius 3 is 2.70 bits per heavy atom. The Bertz CT molecular complexity index is 613. The van der Waals surface area contributed by atoms with E-state index in [2.05, 4.69) is 5.32 Å². The predicted molar refractivity (Wildman–Crippen MR) is 85.4 cm³/mol. The Morgan fingerprint density at radius 2 is 2.09 bits per heavy atom. The third-order valence-corrected chi connectivity index (χ3v) is 3.46. The molecule has 7 heteroatoms. The third kappa shape index (κ3) is 4.58. The summed E-state index contributed by atoms with van der Waals surface area (Å²) in [4.78, 5) is 25.7. The van der Waals surface area contributed by atoms with Gasteiger partial charge in [-0.05, 0) is 45.4 Å². The van der Waals surface area contributed by atoms with Crippen LogP contribution in [0, 0.1) is 11.7 Å². The van der Waals surface area contributed by atoms with Crippen molar-refractivity contribution in [2.75, 3.05) is 24.1 Å². The van der Waals surface area contributed by atoms with Crippen LogP contribution in [0.2, 0.25) is 0 Å². The summed E-state index contributed by atoms with van der Waals surface area (Å²) in [7, 11) is 0. The van der Waals surface area contributed by atoms with Crippen molar-refractivity contribution in [2.45, 2.75) is 32.8 Å². The molecule has 1 aromatic carbocycles. The average molecular weight is 323 g/mol. The van der Waals surface area contributed by atoms with Crippen molar-refractivity contribution in [3.05, 3.63) is 24.0 Å². The van der Waals surface area contributed by atoms with Crippen LogP contribution in [0.1, 0.15) is 27.2 Å². The molecule has 0 radical (unpaired) electrons. The van der Waals surface area contributed by atoms with Gasteiger partial charge in [0.2, 0.25) is 5.91 Å². The van der Waals surface area contributed by atoms with Crippen LogP contribution < -0.4 is 11.1 Å². The average Bonchev–Trinajstić information content (AvgIpc) is 2.90. The first-order valence-electron chi connectivity index (χ1n) is 7.49. The maximum absolute atomic E-state index is 13.7. The Morgan fingerprint density at radius 1 is 1.39 bits per heavy atom. The first-order chi connectivity index (χ1) is 10.7. The molecule has 0 aromatic heterocycles. The summed E-state index contributed by atoms with van der Waals surface area (Å²) < 4.78 is 19.0. The Labute approximate surface area is 134 Å². The summed E-state index contributed by atoms with van der Waals surface area (Å²) in [6, 6.07) is 4.08. The van der Waals surface area contributed by atoms with Crippen LogP contribution in [0.15, 0.2) is 18.2 Å². The fourth-order valence-electron chi connectivity index (χ4n) is 2.33. The molecule has 126 valence electrons. The van der Waals surface area contributed by atoms with E-state index >= 15 is 0 Å². The number of nitrogens with two attached hydrogens (primary N) is 1. The molecule has 1 aliphatic rings. The molecule has 0 saturated carbocycles. The Balaban J connectivity index is 1.93. The SMILES string of the molecule is CC(C)(C)OC(=O)N1CC[C@H](C(=O)Nc2ccc(N)cc2F)C1. The molecule has 1 heterocycles. The zero-order valence-electron chi connectivity index (χ0n) is 13.6. The highest BCUT2D eigenvalue weighted by Gasteiger charge is 2.33. The van der Waals surface area contributed by atoms with Gasteiger partial charge in [0.05, 0.1) is 11.6 Å². The maximum atomic E-state index is 13.7. The second-order valence-corrected chi connectivity index (χ2v) is 6.64. The zero-order chi connectivity index (χ0) is 17.2. The van der Waals surface area contributed by atoms with Crippen LogP contribution >= 0.6 is 0 Å². The predicted octanol–water partition coefficient (Wildman–Crippen LogP) is 2.60. The number of hydrogen-bond donors (Lipinski definition) is 2. The largest absolute Gasteiger partial charge is 0.444 e. The Kier molecular flexibility index (Phi) is 4.77. The number of rotatable bonds is 2. The van der Waals surface area contributed by atoms with Gasteiger partial charge in [0, 0.05) is 18.8 Å². The molecular formula is C16H22FN3O3. The highest BCUT2D eigenvalue weighted by Crippen LogP contribution is 2.23. The van der Waals surface area contributed by atoms with Crippen LogP contribution in [-0.2, 0) is 9.53 Å². The quantitative estimate of drug-likeness (QED) is 0.819. The lowest BCUT2D eigenvalue weighted by atomic mass is 10.1. The second-order valence-electron chi connectivity index (χ2n) is 6.64. The second kappa shape index (κ2) is 6.44. The number of anilines is 2. The van der Waals surface area contributed by atoms with Crippen molar-refractivity contribution >= 4 is 23.4 Å². The number of ether oxygens (including phenoxy) is 1. The molecular weight excluding hydrogens is 301 g/mol. The molecule has 0 unspecified atom stereocenters. The van der Waals surface area contributed by atoms with Crippen molar-refractivity contribution in [3.8, 4) is 0 Å². The fraction of sp³-hybridized carbons (Fsp3) is 0.500. The minimum atomic E-state index is -0.583. The minimum Gasteiger partial charge on any atom is -0.444 e. The van der Waals surface area contributed by atoms with E-state index in [4.69, 9.17) is 10.5 Å². The molecule has 1 saturated heterocycles. The summed E-state index contributed by atoms with van der Waals surface area (Å²) in [5.74, 6) is -1.29. The first-order valence-corrected chi connectivity index (χ1v) is 7.49. The molecule has 0 spiro atoms. The zero-order valence-corrected chi connectivity index (χ0v) is 13.6. The van der Waals surface area contributed by atoms with Crippen LogP contribution in [0.25, 0.3) is 0 Å². The van der Waals surface area contributed by atoms with E-state index < -0.39 is 17.5 Å². The fourth-order valence-corrected chi connectivity index (χ4v) is 2.33. The van der Waals surface area contributed by atoms with E-state index in [1.807, 2.05) is 0 Å². The number of halogens is 1. The van der Waals surface area contributed by atoms with E-state index in [-0.39, 0.29) is 29.7 Å². The summed E-state index contributed by atoms with van der Waals surface area (Å²) in [6.07, 6.45) is 0.0771. The lowest BCUT2D eigenvalue weighted by Gasteiger charge is -2.24. The molecule has 1 aromatic rings. The molecule has 0 aliphatic carbocycles. The smallest absolute Gasteiger partial charge is 0.410 e. The normalized spacial score (nSPS) is 17.9. The molecule has 1 aliphatic heterocycles. The lowest BCUT2D eigenvalue weighted by molar-refractivity contribution is -0.119. The van der Waals surface area contributed by atoms with Crippen LogP contribution in [0.3, 0.4) is 0 Å². The van der Waals surface area contributed by atoms with Gasteiger partial charge in [-0.3, -0.25) is 4.79 Å². The summed E-state index contributed by atoms with van der Waals surface area (Å²) >= 11 is 0. The van der Waals surface area contributed by atoms with E-state index in [1.54, 1.807) is 20.8 Å². The third-order valence-electron chi connectivity index (χ3n) is 3.46. The number of carbonyl (C=O) groups excluding carboxylic acids is 2. The van der Waals surface area contributed by atoms with Gasteiger partial charge in [0.15, 0.2) is 0 Å².